The molecule has 0 aromatic heterocycles. The van der Waals surface area contributed by atoms with Crippen LogP contribution in [0.2, 0.25) is 0 Å². The first-order chi connectivity index (χ1) is 11.6. The average Bonchev–Trinajstić information content (AvgIpc) is 2.58. The molecule has 2 N–H and O–H groups in total. The van der Waals surface area contributed by atoms with Crippen molar-refractivity contribution in [2.75, 3.05) is 46.9 Å². The number of hydrogen-bond acceptors (Lipinski definition) is 4. The van der Waals surface area contributed by atoms with Gasteiger partial charge in [0.1, 0.15) is 0 Å². The molecule has 6 nitrogen and oxygen atoms in total. The van der Waals surface area contributed by atoms with Crippen molar-refractivity contribution in [3.8, 4) is 0 Å². The van der Waals surface area contributed by atoms with Crippen LogP contribution in [0.15, 0.2) is 4.99 Å². The molecule has 1 aliphatic carbocycles. The fourth-order valence-corrected chi connectivity index (χ4v) is 4.14. The molecular weight excluding hydrogens is 304 g/mol. The van der Waals surface area contributed by atoms with Crippen molar-refractivity contribution in [1.29, 1.82) is 0 Å². The number of hydrogen-bond donors (Lipinski definition) is 2. The topological polar surface area (TPSA) is 58.1 Å². The summed E-state index contributed by atoms with van der Waals surface area (Å²) in [6.07, 6.45) is 3.89. The Hall–Kier alpha value is -0.850. The van der Waals surface area contributed by atoms with E-state index in [0.717, 1.165) is 58.1 Å². The van der Waals surface area contributed by atoms with Crippen molar-refractivity contribution in [2.45, 2.75) is 58.3 Å². The maximum absolute atomic E-state index is 5.96. The van der Waals surface area contributed by atoms with E-state index in [2.05, 4.69) is 48.3 Å². The standard InChI is InChI=1S/C18H36N4O2/c1-6-18(7-2)15(11-16(18)23-8-3)21-17(19-4)20-12-14-13-22(5)9-10-24-14/h14-16H,6-13H2,1-5H3,(H2,19,20,21). The summed E-state index contributed by atoms with van der Waals surface area (Å²) in [6, 6.07) is 0.421. The summed E-state index contributed by atoms with van der Waals surface area (Å²) in [5, 5.41) is 7.06. The first-order valence-corrected chi connectivity index (χ1v) is 9.48. The van der Waals surface area contributed by atoms with Crippen LogP contribution < -0.4 is 10.6 Å². The normalized spacial score (nSPS) is 30.7. The summed E-state index contributed by atoms with van der Waals surface area (Å²) in [5.41, 5.74) is 0.217. The maximum Gasteiger partial charge on any atom is 0.191 e. The number of ether oxygens (including phenoxy) is 2. The smallest absolute Gasteiger partial charge is 0.191 e. The van der Waals surface area contributed by atoms with Gasteiger partial charge in [0, 0.05) is 44.7 Å². The van der Waals surface area contributed by atoms with Crippen LogP contribution >= 0.6 is 0 Å². The van der Waals surface area contributed by atoms with Crippen molar-refractivity contribution in [2.24, 2.45) is 10.4 Å². The van der Waals surface area contributed by atoms with E-state index in [4.69, 9.17) is 9.47 Å². The Morgan fingerprint density at radius 1 is 1.33 bits per heavy atom. The van der Waals surface area contributed by atoms with Gasteiger partial charge in [-0.15, -0.1) is 0 Å². The van der Waals surface area contributed by atoms with E-state index in [9.17, 15) is 0 Å². The molecule has 0 bridgehead atoms. The zero-order valence-electron chi connectivity index (χ0n) is 16.1. The Bertz CT molecular complexity index is 412. The second-order valence-electron chi connectivity index (χ2n) is 7.03. The SMILES string of the molecule is CCOC1CC(NC(=NC)NCC2CN(C)CCO2)C1(CC)CC. The monoisotopic (exact) mass is 340 g/mol. The van der Waals surface area contributed by atoms with Gasteiger partial charge in [-0.25, -0.2) is 0 Å². The van der Waals surface area contributed by atoms with Gasteiger partial charge in [0.05, 0.1) is 18.8 Å². The van der Waals surface area contributed by atoms with Crippen LogP contribution in [0.5, 0.6) is 0 Å². The minimum atomic E-state index is 0.217. The van der Waals surface area contributed by atoms with Gasteiger partial charge in [-0.3, -0.25) is 4.99 Å². The Labute approximate surface area is 147 Å². The molecule has 24 heavy (non-hydrogen) atoms. The summed E-state index contributed by atoms with van der Waals surface area (Å²) in [5.74, 6) is 0.873. The Kier molecular flexibility index (Phi) is 7.32. The van der Waals surface area contributed by atoms with Crippen molar-refractivity contribution >= 4 is 5.96 Å². The van der Waals surface area contributed by atoms with Crippen LogP contribution in [0.1, 0.15) is 40.0 Å². The first kappa shape index (κ1) is 19.5. The molecule has 0 spiro atoms. The van der Waals surface area contributed by atoms with Crippen LogP contribution in [0.3, 0.4) is 0 Å². The molecule has 140 valence electrons. The molecule has 6 heteroatoms. The first-order valence-electron chi connectivity index (χ1n) is 9.48. The Morgan fingerprint density at radius 3 is 2.67 bits per heavy atom. The predicted molar refractivity (Wildman–Crippen MR) is 98.6 cm³/mol. The number of nitrogens with one attached hydrogen (secondary N) is 2. The number of aliphatic imine (C=N–C) groups is 1. The van der Waals surface area contributed by atoms with Crippen LogP contribution in [-0.2, 0) is 9.47 Å². The van der Waals surface area contributed by atoms with Gasteiger partial charge in [0.2, 0.25) is 0 Å². The zero-order valence-corrected chi connectivity index (χ0v) is 16.1. The number of morpholine rings is 1. The van der Waals surface area contributed by atoms with E-state index < -0.39 is 0 Å². The minimum Gasteiger partial charge on any atom is -0.378 e. The Balaban J connectivity index is 1.86. The fraction of sp³-hybridized carbons (Fsp3) is 0.944. The van der Waals surface area contributed by atoms with Gasteiger partial charge in [-0.05, 0) is 33.2 Å². The fourth-order valence-electron chi connectivity index (χ4n) is 4.14. The third-order valence-corrected chi connectivity index (χ3v) is 5.84. The highest BCUT2D eigenvalue weighted by Gasteiger charge is 2.53. The van der Waals surface area contributed by atoms with E-state index in [0.29, 0.717) is 12.1 Å². The summed E-state index contributed by atoms with van der Waals surface area (Å²) < 4.78 is 11.8. The number of nitrogens with zero attached hydrogens (tertiary/aromatic N) is 2. The van der Waals surface area contributed by atoms with Crippen LogP contribution in [-0.4, -0.2) is 76.1 Å². The van der Waals surface area contributed by atoms with Gasteiger partial charge in [0.25, 0.3) is 0 Å². The van der Waals surface area contributed by atoms with Gasteiger partial charge in [-0.2, -0.15) is 0 Å². The molecule has 1 saturated carbocycles. The lowest BCUT2D eigenvalue weighted by Gasteiger charge is -2.55. The lowest BCUT2D eigenvalue weighted by Crippen LogP contribution is -2.66. The highest BCUT2D eigenvalue weighted by atomic mass is 16.5. The predicted octanol–water partition coefficient (Wildman–Crippen LogP) is 1.47. The second-order valence-corrected chi connectivity index (χ2v) is 7.03. The molecule has 0 aromatic carbocycles. The van der Waals surface area contributed by atoms with Gasteiger partial charge < -0.3 is 25.0 Å². The number of guanidine groups is 1. The largest absolute Gasteiger partial charge is 0.378 e. The van der Waals surface area contributed by atoms with E-state index in [-0.39, 0.29) is 11.5 Å². The third-order valence-electron chi connectivity index (χ3n) is 5.84. The van der Waals surface area contributed by atoms with Crippen molar-refractivity contribution < 1.29 is 9.47 Å². The summed E-state index contributed by atoms with van der Waals surface area (Å²) in [6.45, 7) is 11.0. The minimum absolute atomic E-state index is 0.217. The molecule has 2 rings (SSSR count). The van der Waals surface area contributed by atoms with Crippen LogP contribution in [0.25, 0.3) is 0 Å². The van der Waals surface area contributed by atoms with Gasteiger partial charge >= 0.3 is 0 Å². The number of likely N-dealkylation sites (N-methyl/N-ethyl adjacent to an activating group) is 1. The summed E-state index contributed by atoms with van der Waals surface area (Å²) in [4.78, 5) is 6.71. The third kappa shape index (κ3) is 4.21. The summed E-state index contributed by atoms with van der Waals surface area (Å²) >= 11 is 0. The molecule has 1 saturated heterocycles. The van der Waals surface area contributed by atoms with Crippen molar-refractivity contribution in [3.63, 3.8) is 0 Å². The molecule has 1 heterocycles. The quantitative estimate of drug-likeness (QED) is 0.543. The molecular formula is C18H36N4O2. The molecule has 1 aliphatic heterocycles. The Morgan fingerprint density at radius 2 is 2.08 bits per heavy atom. The lowest BCUT2D eigenvalue weighted by molar-refractivity contribution is -0.133. The highest BCUT2D eigenvalue weighted by Crippen LogP contribution is 2.48. The van der Waals surface area contributed by atoms with Crippen LogP contribution in [0, 0.1) is 5.41 Å². The lowest BCUT2D eigenvalue weighted by atomic mass is 9.58. The molecule has 3 atom stereocenters. The average molecular weight is 341 g/mol. The molecule has 0 radical (unpaired) electrons. The highest BCUT2D eigenvalue weighted by molar-refractivity contribution is 5.80. The molecule has 0 amide bonds. The maximum atomic E-state index is 5.96. The number of rotatable bonds is 7. The van der Waals surface area contributed by atoms with Gasteiger partial charge in [0.15, 0.2) is 5.96 Å². The van der Waals surface area contributed by atoms with Gasteiger partial charge in [-0.1, -0.05) is 13.8 Å². The van der Waals surface area contributed by atoms with E-state index in [1.165, 1.54) is 0 Å². The van der Waals surface area contributed by atoms with Crippen molar-refractivity contribution in [3.05, 3.63) is 0 Å². The zero-order chi connectivity index (χ0) is 17.6. The van der Waals surface area contributed by atoms with E-state index >= 15 is 0 Å². The molecule has 2 fully saturated rings. The molecule has 0 aromatic rings. The van der Waals surface area contributed by atoms with E-state index in [1.807, 2.05) is 7.05 Å². The van der Waals surface area contributed by atoms with E-state index in [1.54, 1.807) is 0 Å². The summed E-state index contributed by atoms with van der Waals surface area (Å²) in [7, 11) is 3.98. The molecule has 3 unspecified atom stereocenters. The second kappa shape index (κ2) is 9.02. The molecule has 2 aliphatic rings. The van der Waals surface area contributed by atoms with Crippen molar-refractivity contribution in [1.82, 2.24) is 15.5 Å². The van der Waals surface area contributed by atoms with Crippen LogP contribution in [0.4, 0.5) is 0 Å².